The Morgan fingerprint density at radius 3 is 2.57 bits per heavy atom. The molecule has 4 nitrogen and oxygen atoms in total. The van der Waals surface area contributed by atoms with Crippen LogP contribution in [0.2, 0.25) is 0 Å². The normalized spacial score (nSPS) is 14.0. The summed E-state index contributed by atoms with van der Waals surface area (Å²) in [7, 11) is 0. The second-order valence-electron chi connectivity index (χ2n) is 4.48. The van der Waals surface area contributed by atoms with Gasteiger partial charge in [-0.05, 0) is 27.7 Å². The maximum absolute atomic E-state index is 11.1. The lowest BCUT2D eigenvalue weighted by Gasteiger charge is -2.25. The molecule has 2 N–H and O–H groups in total. The van der Waals surface area contributed by atoms with Gasteiger partial charge in [0.25, 0.3) is 0 Å². The first-order chi connectivity index (χ1) is 6.34. The Hall–Kier alpha value is -1.32. The third-order valence-electron chi connectivity index (χ3n) is 2.26. The number of primary amides is 1. The van der Waals surface area contributed by atoms with Crippen LogP contribution >= 0.6 is 0 Å². The third-order valence-corrected chi connectivity index (χ3v) is 2.26. The van der Waals surface area contributed by atoms with Gasteiger partial charge in [0, 0.05) is 17.4 Å². The van der Waals surface area contributed by atoms with Gasteiger partial charge in [0.1, 0.15) is 0 Å². The molecule has 0 bridgehead atoms. The van der Waals surface area contributed by atoms with Crippen molar-refractivity contribution < 1.29 is 4.79 Å². The van der Waals surface area contributed by atoms with Crippen molar-refractivity contribution in [2.75, 3.05) is 0 Å². The number of hydrogen-bond acceptors (Lipinski definition) is 2. The van der Waals surface area contributed by atoms with Crippen molar-refractivity contribution in [2.45, 2.75) is 39.2 Å². The molecule has 0 saturated heterocycles. The van der Waals surface area contributed by atoms with Crippen LogP contribution in [-0.2, 0) is 10.3 Å². The molecule has 1 aromatic rings. The lowest BCUT2D eigenvalue weighted by molar-refractivity contribution is -0.119. The van der Waals surface area contributed by atoms with Gasteiger partial charge in [-0.25, -0.2) is 4.98 Å². The molecule has 1 aromatic heterocycles. The summed E-state index contributed by atoms with van der Waals surface area (Å²) < 4.78 is 1.97. The Morgan fingerprint density at radius 1 is 1.57 bits per heavy atom. The van der Waals surface area contributed by atoms with E-state index >= 15 is 0 Å². The summed E-state index contributed by atoms with van der Waals surface area (Å²) in [5, 5.41) is 0. The molecule has 1 atom stereocenters. The molecule has 0 radical (unpaired) electrons. The standard InChI is InChI=1S/C10H17N3O/c1-7(9(11)14)8-5-12-6-13(8)10(2,3)4/h5-7H,1-4H3,(H2,11,14). The minimum Gasteiger partial charge on any atom is -0.369 e. The number of rotatable bonds is 2. The number of imidazole rings is 1. The molecule has 14 heavy (non-hydrogen) atoms. The predicted molar refractivity (Wildman–Crippen MR) is 54.8 cm³/mol. The Balaban J connectivity index is 3.11. The molecule has 78 valence electrons. The summed E-state index contributed by atoms with van der Waals surface area (Å²) in [6.07, 6.45) is 3.43. The Bertz CT molecular complexity index is 335. The van der Waals surface area contributed by atoms with Crippen LogP contribution in [0.1, 0.15) is 39.3 Å². The molecule has 1 amide bonds. The number of carbonyl (C=O) groups is 1. The first-order valence-corrected chi connectivity index (χ1v) is 4.66. The number of carbonyl (C=O) groups excluding carboxylic acids is 1. The highest BCUT2D eigenvalue weighted by molar-refractivity contribution is 5.80. The van der Waals surface area contributed by atoms with Gasteiger partial charge in [-0.15, -0.1) is 0 Å². The molecule has 0 aliphatic carbocycles. The van der Waals surface area contributed by atoms with Gasteiger partial charge in [0.05, 0.1) is 12.2 Å². The molecule has 4 heteroatoms. The van der Waals surface area contributed by atoms with Crippen LogP contribution < -0.4 is 5.73 Å². The van der Waals surface area contributed by atoms with Crippen LogP contribution in [0.15, 0.2) is 12.5 Å². The van der Waals surface area contributed by atoms with Gasteiger partial charge in [-0.3, -0.25) is 4.79 Å². The number of aromatic nitrogens is 2. The van der Waals surface area contributed by atoms with Crippen LogP contribution in [0.25, 0.3) is 0 Å². The Morgan fingerprint density at radius 2 is 2.14 bits per heavy atom. The van der Waals surface area contributed by atoms with Gasteiger partial charge >= 0.3 is 0 Å². The van der Waals surface area contributed by atoms with Crippen LogP contribution in [0, 0.1) is 0 Å². The number of nitrogens with two attached hydrogens (primary N) is 1. The van der Waals surface area contributed by atoms with E-state index in [0.717, 1.165) is 5.69 Å². The maximum Gasteiger partial charge on any atom is 0.226 e. The zero-order valence-electron chi connectivity index (χ0n) is 9.11. The lowest BCUT2D eigenvalue weighted by atomic mass is 10.0. The zero-order valence-corrected chi connectivity index (χ0v) is 9.11. The van der Waals surface area contributed by atoms with Crippen molar-refractivity contribution in [3.63, 3.8) is 0 Å². The van der Waals surface area contributed by atoms with E-state index in [9.17, 15) is 4.79 Å². The lowest BCUT2D eigenvalue weighted by Crippen LogP contribution is -2.28. The minimum atomic E-state index is -0.323. The fourth-order valence-electron chi connectivity index (χ4n) is 1.33. The number of amides is 1. The molecular formula is C10H17N3O. The molecule has 0 spiro atoms. The van der Waals surface area contributed by atoms with Gasteiger partial charge in [0.15, 0.2) is 0 Å². The van der Waals surface area contributed by atoms with E-state index < -0.39 is 0 Å². The minimum absolute atomic E-state index is 0.0739. The fourth-order valence-corrected chi connectivity index (χ4v) is 1.33. The first kappa shape index (κ1) is 10.8. The molecular weight excluding hydrogens is 178 g/mol. The quantitative estimate of drug-likeness (QED) is 0.771. The van der Waals surface area contributed by atoms with Gasteiger partial charge in [-0.2, -0.15) is 0 Å². The van der Waals surface area contributed by atoms with Crippen molar-refractivity contribution >= 4 is 5.91 Å². The molecule has 1 rings (SSSR count). The van der Waals surface area contributed by atoms with E-state index in [1.54, 1.807) is 19.4 Å². The highest BCUT2D eigenvalue weighted by atomic mass is 16.1. The largest absolute Gasteiger partial charge is 0.369 e. The maximum atomic E-state index is 11.1. The highest BCUT2D eigenvalue weighted by Crippen LogP contribution is 2.22. The SMILES string of the molecule is CC(C(N)=O)c1cncn1C(C)(C)C. The summed E-state index contributed by atoms with van der Waals surface area (Å²) in [6.45, 7) is 7.98. The Kier molecular flexibility index (Phi) is 2.64. The summed E-state index contributed by atoms with van der Waals surface area (Å²) in [4.78, 5) is 15.1. The summed E-state index contributed by atoms with van der Waals surface area (Å²) in [5.41, 5.74) is 6.05. The monoisotopic (exact) mass is 195 g/mol. The van der Waals surface area contributed by atoms with Crippen molar-refractivity contribution in [1.82, 2.24) is 9.55 Å². The van der Waals surface area contributed by atoms with Crippen LogP contribution in [0.3, 0.4) is 0 Å². The number of nitrogens with zero attached hydrogens (tertiary/aromatic N) is 2. The van der Waals surface area contributed by atoms with E-state index in [2.05, 4.69) is 25.8 Å². The summed E-state index contributed by atoms with van der Waals surface area (Å²) >= 11 is 0. The van der Waals surface area contributed by atoms with Crippen molar-refractivity contribution in [3.05, 3.63) is 18.2 Å². The van der Waals surface area contributed by atoms with Gasteiger partial charge in [0.2, 0.25) is 5.91 Å². The van der Waals surface area contributed by atoms with Crippen molar-refractivity contribution in [3.8, 4) is 0 Å². The molecule has 1 heterocycles. The molecule has 0 aliphatic rings. The molecule has 0 fully saturated rings. The van der Waals surface area contributed by atoms with Gasteiger partial charge in [-0.1, -0.05) is 0 Å². The van der Waals surface area contributed by atoms with E-state index in [1.807, 2.05) is 4.57 Å². The molecule has 0 saturated carbocycles. The smallest absolute Gasteiger partial charge is 0.226 e. The topological polar surface area (TPSA) is 60.9 Å². The zero-order chi connectivity index (χ0) is 10.9. The fraction of sp³-hybridized carbons (Fsp3) is 0.600. The second-order valence-corrected chi connectivity index (χ2v) is 4.48. The summed E-state index contributed by atoms with van der Waals surface area (Å²) in [5.74, 6) is -0.618. The van der Waals surface area contributed by atoms with E-state index in [0.29, 0.717) is 0 Å². The Labute approximate surface area is 84.1 Å². The average molecular weight is 195 g/mol. The average Bonchev–Trinajstić information content (AvgIpc) is 2.48. The van der Waals surface area contributed by atoms with Crippen LogP contribution in [0.5, 0.6) is 0 Å². The summed E-state index contributed by atoms with van der Waals surface area (Å²) in [6, 6.07) is 0. The van der Waals surface area contributed by atoms with Crippen molar-refractivity contribution in [1.29, 1.82) is 0 Å². The van der Waals surface area contributed by atoms with Crippen LogP contribution in [0.4, 0.5) is 0 Å². The van der Waals surface area contributed by atoms with Crippen molar-refractivity contribution in [2.24, 2.45) is 5.73 Å². The molecule has 1 unspecified atom stereocenters. The molecule has 0 aliphatic heterocycles. The second kappa shape index (κ2) is 3.44. The molecule has 0 aromatic carbocycles. The van der Waals surface area contributed by atoms with Crippen LogP contribution in [-0.4, -0.2) is 15.5 Å². The van der Waals surface area contributed by atoms with E-state index in [-0.39, 0.29) is 17.4 Å². The van der Waals surface area contributed by atoms with E-state index in [4.69, 9.17) is 5.73 Å². The highest BCUT2D eigenvalue weighted by Gasteiger charge is 2.22. The number of hydrogen-bond donors (Lipinski definition) is 1. The first-order valence-electron chi connectivity index (χ1n) is 4.66. The van der Waals surface area contributed by atoms with Gasteiger partial charge < -0.3 is 10.3 Å². The predicted octanol–water partition coefficient (Wildman–Crippen LogP) is 1.23. The third kappa shape index (κ3) is 1.95. The van der Waals surface area contributed by atoms with E-state index in [1.165, 1.54) is 0 Å².